The Morgan fingerprint density at radius 2 is 1.86 bits per heavy atom. The fourth-order valence-electron chi connectivity index (χ4n) is 2.58. The molecular formula is C15H21ClN4S2. The van der Waals surface area contributed by atoms with E-state index in [9.17, 15) is 0 Å². The van der Waals surface area contributed by atoms with E-state index >= 15 is 0 Å². The van der Waals surface area contributed by atoms with E-state index in [4.69, 9.17) is 36.0 Å². The van der Waals surface area contributed by atoms with Crippen LogP contribution in [0.25, 0.3) is 0 Å². The van der Waals surface area contributed by atoms with Gasteiger partial charge in [-0.2, -0.15) is 0 Å². The van der Waals surface area contributed by atoms with Gasteiger partial charge >= 0.3 is 0 Å². The molecule has 2 atom stereocenters. The lowest BCUT2D eigenvalue weighted by Gasteiger charge is -2.30. The second-order valence-electron chi connectivity index (χ2n) is 5.56. The molecule has 1 aliphatic rings. The molecule has 0 heterocycles. The Balaban J connectivity index is 1.72. The number of thiocarbonyl (C=S) groups is 2. The summed E-state index contributed by atoms with van der Waals surface area (Å²) in [5.74, 6) is 0.644. The number of hydrazine groups is 1. The third-order valence-electron chi connectivity index (χ3n) is 3.80. The van der Waals surface area contributed by atoms with Crippen molar-refractivity contribution >= 4 is 51.9 Å². The van der Waals surface area contributed by atoms with E-state index in [0.717, 1.165) is 12.1 Å². The van der Waals surface area contributed by atoms with Crippen LogP contribution in [-0.4, -0.2) is 16.3 Å². The number of benzene rings is 1. The van der Waals surface area contributed by atoms with Gasteiger partial charge in [0.15, 0.2) is 10.2 Å². The monoisotopic (exact) mass is 356 g/mol. The van der Waals surface area contributed by atoms with Crippen LogP contribution in [0.1, 0.15) is 32.6 Å². The van der Waals surface area contributed by atoms with E-state index in [-0.39, 0.29) is 0 Å². The van der Waals surface area contributed by atoms with Crippen LogP contribution < -0.4 is 21.5 Å². The van der Waals surface area contributed by atoms with Gasteiger partial charge < -0.3 is 10.6 Å². The molecule has 1 aromatic carbocycles. The van der Waals surface area contributed by atoms with Crippen molar-refractivity contribution in [2.45, 2.75) is 38.6 Å². The first-order valence-corrected chi connectivity index (χ1v) is 8.63. The quantitative estimate of drug-likeness (QED) is 0.480. The first-order chi connectivity index (χ1) is 10.5. The van der Waals surface area contributed by atoms with E-state index in [2.05, 4.69) is 28.4 Å². The number of anilines is 1. The lowest BCUT2D eigenvalue weighted by atomic mass is 9.86. The number of hydrogen-bond donors (Lipinski definition) is 4. The third kappa shape index (κ3) is 5.59. The van der Waals surface area contributed by atoms with Gasteiger partial charge in [-0.15, -0.1) is 0 Å². The maximum absolute atomic E-state index is 5.93. The summed E-state index contributed by atoms with van der Waals surface area (Å²) in [4.78, 5) is 0. The Morgan fingerprint density at radius 3 is 2.59 bits per heavy atom. The fraction of sp³-hybridized carbons (Fsp3) is 0.467. The lowest BCUT2D eigenvalue weighted by Crippen LogP contribution is -2.52. The van der Waals surface area contributed by atoms with Crippen LogP contribution in [0.2, 0.25) is 5.02 Å². The number of halogens is 1. The van der Waals surface area contributed by atoms with Crippen LogP contribution in [0.5, 0.6) is 0 Å². The molecule has 0 unspecified atom stereocenters. The molecule has 1 saturated carbocycles. The van der Waals surface area contributed by atoms with Crippen molar-refractivity contribution in [3.05, 3.63) is 29.3 Å². The Kier molecular flexibility index (Phi) is 6.67. The van der Waals surface area contributed by atoms with Gasteiger partial charge in [0.25, 0.3) is 0 Å². The topological polar surface area (TPSA) is 48.1 Å². The van der Waals surface area contributed by atoms with Crippen molar-refractivity contribution in [3.63, 3.8) is 0 Å². The van der Waals surface area contributed by atoms with Gasteiger partial charge in [-0.05, 0) is 61.4 Å². The van der Waals surface area contributed by atoms with Gasteiger partial charge in [0.1, 0.15) is 0 Å². The summed E-state index contributed by atoms with van der Waals surface area (Å²) in [5.41, 5.74) is 6.62. The molecule has 22 heavy (non-hydrogen) atoms. The zero-order valence-corrected chi connectivity index (χ0v) is 14.9. The molecule has 1 fully saturated rings. The molecule has 1 aromatic rings. The molecule has 0 aliphatic heterocycles. The molecule has 4 nitrogen and oxygen atoms in total. The van der Waals surface area contributed by atoms with Gasteiger partial charge in [-0.1, -0.05) is 37.4 Å². The summed E-state index contributed by atoms with van der Waals surface area (Å²) in [6.45, 7) is 2.26. The van der Waals surface area contributed by atoms with Crippen molar-refractivity contribution in [2.75, 3.05) is 5.32 Å². The van der Waals surface area contributed by atoms with Crippen LogP contribution in [0.15, 0.2) is 24.3 Å². The van der Waals surface area contributed by atoms with Crippen LogP contribution in [0.4, 0.5) is 5.69 Å². The molecule has 0 bridgehead atoms. The molecule has 0 aromatic heterocycles. The predicted octanol–water partition coefficient (Wildman–Crippen LogP) is 3.58. The van der Waals surface area contributed by atoms with Crippen LogP contribution in [-0.2, 0) is 0 Å². The largest absolute Gasteiger partial charge is 0.358 e. The van der Waals surface area contributed by atoms with E-state index in [1.807, 2.05) is 18.2 Å². The SMILES string of the molecule is C[C@H]1CCCC[C@@H]1NC(=S)NNC(=S)Nc1cccc(Cl)c1. The van der Waals surface area contributed by atoms with E-state index in [0.29, 0.717) is 27.2 Å². The average molecular weight is 357 g/mol. The van der Waals surface area contributed by atoms with Crippen LogP contribution in [0, 0.1) is 5.92 Å². The Bertz CT molecular complexity index is 538. The summed E-state index contributed by atoms with van der Waals surface area (Å²) < 4.78 is 0. The van der Waals surface area contributed by atoms with Gasteiger partial charge in [-0.3, -0.25) is 10.9 Å². The van der Waals surface area contributed by atoms with Crippen LogP contribution in [0.3, 0.4) is 0 Å². The van der Waals surface area contributed by atoms with Gasteiger partial charge in [0, 0.05) is 16.8 Å². The highest BCUT2D eigenvalue weighted by atomic mass is 35.5. The first-order valence-electron chi connectivity index (χ1n) is 7.43. The zero-order chi connectivity index (χ0) is 15.9. The highest BCUT2D eigenvalue weighted by Crippen LogP contribution is 2.23. The third-order valence-corrected chi connectivity index (χ3v) is 4.46. The molecule has 1 aliphatic carbocycles. The van der Waals surface area contributed by atoms with Crippen LogP contribution >= 0.6 is 36.0 Å². The van der Waals surface area contributed by atoms with E-state index in [1.54, 1.807) is 6.07 Å². The van der Waals surface area contributed by atoms with Crippen molar-refractivity contribution in [1.82, 2.24) is 16.2 Å². The first kappa shape index (κ1) is 17.2. The molecule has 0 saturated heterocycles. The summed E-state index contributed by atoms with van der Waals surface area (Å²) in [6, 6.07) is 7.80. The number of hydrogen-bond acceptors (Lipinski definition) is 2. The summed E-state index contributed by atoms with van der Waals surface area (Å²) >= 11 is 16.4. The van der Waals surface area contributed by atoms with Crippen molar-refractivity contribution in [2.24, 2.45) is 5.92 Å². The maximum atomic E-state index is 5.93. The minimum Gasteiger partial charge on any atom is -0.358 e. The van der Waals surface area contributed by atoms with Gasteiger partial charge in [-0.25, -0.2) is 0 Å². The Labute approximate surface area is 147 Å². The fourth-order valence-corrected chi connectivity index (χ4v) is 3.14. The number of rotatable bonds is 2. The Hall–Kier alpha value is -1.11. The maximum Gasteiger partial charge on any atom is 0.189 e. The standard InChI is InChI=1S/C15H21ClN4S2/c1-10-5-2-3-8-13(10)18-15(22)20-19-14(21)17-12-7-4-6-11(16)9-12/h4,6-7,9-10,13H,2-3,5,8H2,1H3,(H2,17,19,21)(H2,18,20,22)/t10-,13-/m0/s1. The Morgan fingerprint density at radius 1 is 1.14 bits per heavy atom. The average Bonchev–Trinajstić information content (AvgIpc) is 2.48. The molecule has 7 heteroatoms. The second-order valence-corrected chi connectivity index (χ2v) is 6.81. The molecule has 0 amide bonds. The molecular weight excluding hydrogens is 336 g/mol. The minimum atomic E-state index is 0.433. The normalized spacial score (nSPS) is 20.8. The lowest BCUT2D eigenvalue weighted by molar-refractivity contribution is 0.308. The molecule has 120 valence electrons. The smallest absolute Gasteiger partial charge is 0.189 e. The van der Waals surface area contributed by atoms with E-state index < -0.39 is 0 Å². The summed E-state index contributed by atoms with van der Waals surface area (Å²) in [6.07, 6.45) is 4.98. The molecule has 0 spiro atoms. The van der Waals surface area contributed by atoms with E-state index in [1.165, 1.54) is 19.3 Å². The highest BCUT2D eigenvalue weighted by molar-refractivity contribution is 7.80. The minimum absolute atomic E-state index is 0.433. The highest BCUT2D eigenvalue weighted by Gasteiger charge is 2.21. The number of nitrogens with one attached hydrogen (secondary N) is 4. The van der Waals surface area contributed by atoms with Gasteiger partial charge in [0.2, 0.25) is 0 Å². The summed E-state index contributed by atoms with van der Waals surface area (Å²) in [7, 11) is 0. The van der Waals surface area contributed by atoms with Crippen molar-refractivity contribution < 1.29 is 0 Å². The second kappa shape index (κ2) is 8.50. The zero-order valence-electron chi connectivity index (χ0n) is 12.5. The molecule has 2 rings (SSSR count). The van der Waals surface area contributed by atoms with Crippen molar-refractivity contribution in [3.8, 4) is 0 Å². The molecule has 0 radical (unpaired) electrons. The predicted molar refractivity (Wildman–Crippen MR) is 101 cm³/mol. The summed E-state index contributed by atoms with van der Waals surface area (Å²) in [5, 5.41) is 8.04. The van der Waals surface area contributed by atoms with Crippen molar-refractivity contribution in [1.29, 1.82) is 0 Å². The van der Waals surface area contributed by atoms with Gasteiger partial charge in [0.05, 0.1) is 0 Å². The molecule has 4 N–H and O–H groups in total.